The molecule has 1 spiro atoms. The molecule has 5 aromatic rings. The highest BCUT2D eigenvalue weighted by Crippen LogP contribution is 2.42. The van der Waals surface area contributed by atoms with Crippen LogP contribution in [0.3, 0.4) is 0 Å². The number of ether oxygens (including phenoxy) is 2. The van der Waals surface area contributed by atoms with Crippen LogP contribution in [-0.2, 0) is 6.54 Å². The van der Waals surface area contributed by atoms with Gasteiger partial charge in [-0.25, -0.2) is 14.5 Å². The lowest BCUT2D eigenvalue weighted by molar-refractivity contribution is -0.0399. The van der Waals surface area contributed by atoms with E-state index in [2.05, 4.69) is 54.3 Å². The summed E-state index contributed by atoms with van der Waals surface area (Å²) in [4.78, 5) is 14.3. The van der Waals surface area contributed by atoms with Crippen LogP contribution < -0.4 is 14.4 Å². The van der Waals surface area contributed by atoms with Crippen molar-refractivity contribution in [2.24, 2.45) is 0 Å². The lowest BCUT2D eigenvalue weighted by Crippen LogP contribution is -2.63. The predicted molar refractivity (Wildman–Crippen MR) is 149 cm³/mol. The van der Waals surface area contributed by atoms with Crippen molar-refractivity contribution in [3.63, 3.8) is 0 Å². The van der Waals surface area contributed by atoms with E-state index in [9.17, 15) is 0 Å². The van der Waals surface area contributed by atoms with Crippen LogP contribution in [0.2, 0.25) is 0 Å². The topological polar surface area (TPSA) is 96.7 Å². The van der Waals surface area contributed by atoms with Gasteiger partial charge in [0.2, 0.25) is 5.88 Å². The number of aromatic amines is 1. The normalized spacial score (nSPS) is 17.1. The standard InChI is InChI=1S/C29H32N8O2/c1-3-39-22-14-23(27-24-17-32-33-28(24)34-37(27)19-22)21-5-6-25(30-16-21)35-11-8-29(9-12-35)10-13-36(29)18-20-4-7-26(38-2)31-15-20/h4-7,14-17,19H,3,8-13,18H2,1-2H3,(H,33,34). The number of methoxy groups -OCH3 is 1. The highest BCUT2D eigenvalue weighted by atomic mass is 16.5. The Labute approximate surface area is 226 Å². The Hall–Kier alpha value is -4.18. The molecule has 200 valence electrons. The van der Waals surface area contributed by atoms with Gasteiger partial charge in [0.25, 0.3) is 0 Å². The van der Waals surface area contributed by atoms with Gasteiger partial charge in [0.1, 0.15) is 11.6 Å². The minimum absolute atomic E-state index is 0.291. The zero-order chi connectivity index (χ0) is 26.4. The maximum Gasteiger partial charge on any atom is 0.212 e. The van der Waals surface area contributed by atoms with E-state index >= 15 is 0 Å². The van der Waals surface area contributed by atoms with Crippen LogP contribution in [0, 0.1) is 0 Å². The summed E-state index contributed by atoms with van der Waals surface area (Å²) in [5, 5.41) is 12.8. The van der Waals surface area contributed by atoms with Gasteiger partial charge in [-0.05, 0) is 49.9 Å². The number of fused-ring (bicyclic) bond motifs is 3. The lowest BCUT2D eigenvalue weighted by atomic mass is 9.76. The maximum absolute atomic E-state index is 5.83. The Morgan fingerprint density at radius 3 is 2.56 bits per heavy atom. The molecule has 10 nitrogen and oxygen atoms in total. The van der Waals surface area contributed by atoms with Crippen molar-refractivity contribution >= 4 is 22.4 Å². The fourth-order valence-corrected chi connectivity index (χ4v) is 6.14. The van der Waals surface area contributed by atoms with Gasteiger partial charge >= 0.3 is 0 Å². The molecule has 1 N–H and O–H groups in total. The molecular weight excluding hydrogens is 492 g/mol. The average Bonchev–Trinajstić information content (AvgIpc) is 3.57. The van der Waals surface area contributed by atoms with Gasteiger partial charge in [-0.2, -0.15) is 5.10 Å². The van der Waals surface area contributed by atoms with E-state index in [1.165, 1.54) is 12.0 Å². The van der Waals surface area contributed by atoms with Gasteiger partial charge in [-0.3, -0.25) is 10.00 Å². The second-order valence-electron chi connectivity index (χ2n) is 10.4. The molecule has 0 amide bonds. The van der Waals surface area contributed by atoms with Crippen LogP contribution in [-0.4, -0.2) is 73.6 Å². The van der Waals surface area contributed by atoms with E-state index < -0.39 is 0 Å². The minimum Gasteiger partial charge on any atom is -0.492 e. The first kappa shape index (κ1) is 23.9. The number of nitrogens with one attached hydrogen (secondary N) is 1. The van der Waals surface area contributed by atoms with Crippen LogP contribution in [0.25, 0.3) is 27.7 Å². The molecule has 7 heterocycles. The van der Waals surface area contributed by atoms with Gasteiger partial charge in [0.15, 0.2) is 5.65 Å². The van der Waals surface area contributed by atoms with Crippen LogP contribution >= 0.6 is 0 Å². The minimum atomic E-state index is 0.291. The average molecular weight is 525 g/mol. The number of hydrogen-bond acceptors (Lipinski definition) is 8. The molecule has 0 saturated carbocycles. The molecule has 39 heavy (non-hydrogen) atoms. The highest BCUT2D eigenvalue weighted by Gasteiger charge is 2.46. The molecule has 0 bridgehead atoms. The number of anilines is 1. The van der Waals surface area contributed by atoms with Gasteiger partial charge < -0.3 is 14.4 Å². The Morgan fingerprint density at radius 2 is 1.87 bits per heavy atom. The van der Waals surface area contributed by atoms with Crippen LogP contribution in [0.15, 0.2) is 55.1 Å². The largest absolute Gasteiger partial charge is 0.492 e. The van der Waals surface area contributed by atoms with Crippen molar-refractivity contribution in [3.05, 3.63) is 60.7 Å². The Kier molecular flexibility index (Phi) is 5.84. The van der Waals surface area contributed by atoms with E-state index in [0.717, 1.165) is 78.3 Å². The van der Waals surface area contributed by atoms with Crippen LogP contribution in [0.1, 0.15) is 31.7 Å². The van der Waals surface area contributed by atoms with E-state index in [1.54, 1.807) is 7.11 Å². The number of nitrogens with zero attached hydrogens (tertiary/aromatic N) is 7. The molecule has 2 saturated heterocycles. The molecular formula is C29H32N8O2. The van der Waals surface area contributed by atoms with E-state index in [0.29, 0.717) is 18.0 Å². The molecule has 10 heteroatoms. The van der Waals surface area contributed by atoms with Gasteiger partial charge in [0, 0.05) is 61.3 Å². The monoisotopic (exact) mass is 524 g/mol. The molecule has 0 unspecified atom stereocenters. The summed E-state index contributed by atoms with van der Waals surface area (Å²) in [7, 11) is 1.65. The zero-order valence-corrected chi connectivity index (χ0v) is 22.3. The highest BCUT2D eigenvalue weighted by molar-refractivity contribution is 6.00. The van der Waals surface area contributed by atoms with Crippen molar-refractivity contribution in [2.45, 2.75) is 38.3 Å². The fourth-order valence-electron chi connectivity index (χ4n) is 6.14. The molecule has 5 aromatic heterocycles. The lowest BCUT2D eigenvalue weighted by Gasteiger charge is -2.56. The molecule has 0 aliphatic carbocycles. The number of aromatic nitrogens is 6. The second-order valence-corrected chi connectivity index (χ2v) is 10.4. The summed E-state index contributed by atoms with van der Waals surface area (Å²) in [6, 6.07) is 10.4. The van der Waals surface area contributed by atoms with Gasteiger partial charge in [-0.15, -0.1) is 5.10 Å². The Morgan fingerprint density at radius 1 is 1.00 bits per heavy atom. The first-order valence-corrected chi connectivity index (χ1v) is 13.6. The molecule has 2 aliphatic rings. The van der Waals surface area contributed by atoms with E-state index in [4.69, 9.17) is 14.5 Å². The molecule has 0 radical (unpaired) electrons. The third-order valence-corrected chi connectivity index (χ3v) is 8.39. The molecule has 0 aromatic carbocycles. The third kappa shape index (κ3) is 4.15. The number of likely N-dealkylation sites (tertiary alicyclic amines) is 1. The van der Waals surface area contributed by atoms with E-state index in [1.807, 2.05) is 42.3 Å². The number of rotatable bonds is 7. The van der Waals surface area contributed by atoms with Crippen molar-refractivity contribution in [1.82, 2.24) is 34.7 Å². The molecule has 2 fully saturated rings. The fraction of sp³-hybridized carbons (Fsp3) is 0.379. The summed E-state index contributed by atoms with van der Waals surface area (Å²) in [5.74, 6) is 2.46. The molecule has 0 atom stereocenters. The van der Waals surface area contributed by atoms with E-state index in [-0.39, 0.29) is 0 Å². The third-order valence-electron chi connectivity index (χ3n) is 8.39. The Bertz CT molecular complexity index is 1600. The predicted octanol–water partition coefficient (Wildman–Crippen LogP) is 4.32. The zero-order valence-electron chi connectivity index (χ0n) is 22.3. The number of pyridine rings is 3. The Balaban J connectivity index is 1.08. The SMILES string of the molecule is CCOc1cc(-c2ccc(N3CCC4(CC3)CCN4Cc3ccc(OC)nc3)nc2)c2c3cn[nH]c3nn2c1. The van der Waals surface area contributed by atoms with Crippen LogP contribution in [0.4, 0.5) is 5.82 Å². The van der Waals surface area contributed by atoms with Crippen molar-refractivity contribution in [1.29, 1.82) is 0 Å². The summed E-state index contributed by atoms with van der Waals surface area (Å²) >= 11 is 0. The smallest absolute Gasteiger partial charge is 0.212 e. The van der Waals surface area contributed by atoms with Gasteiger partial charge in [0.05, 0.1) is 37.0 Å². The molecule has 7 rings (SSSR count). The quantitative estimate of drug-likeness (QED) is 0.336. The first-order valence-electron chi connectivity index (χ1n) is 13.6. The summed E-state index contributed by atoms with van der Waals surface area (Å²) in [6.45, 7) is 6.68. The number of H-pyrrole nitrogens is 1. The number of hydrogen-bond donors (Lipinski definition) is 1. The van der Waals surface area contributed by atoms with Gasteiger partial charge in [-0.1, -0.05) is 6.07 Å². The van der Waals surface area contributed by atoms with Crippen molar-refractivity contribution in [2.75, 3.05) is 38.3 Å². The summed E-state index contributed by atoms with van der Waals surface area (Å²) < 4.78 is 12.9. The van der Waals surface area contributed by atoms with Crippen molar-refractivity contribution < 1.29 is 9.47 Å². The summed E-state index contributed by atoms with van der Waals surface area (Å²) in [5.41, 5.74) is 5.33. The number of piperidine rings is 1. The second kappa shape index (κ2) is 9.53. The first-order chi connectivity index (χ1) is 19.2. The maximum atomic E-state index is 5.83. The molecule has 2 aliphatic heterocycles. The van der Waals surface area contributed by atoms with Crippen LogP contribution in [0.5, 0.6) is 11.6 Å². The summed E-state index contributed by atoms with van der Waals surface area (Å²) in [6.07, 6.45) is 11.2. The van der Waals surface area contributed by atoms with Crippen molar-refractivity contribution in [3.8, 4) is 22.8 Å².